The van der Waals surface area contributed by atoms with Crippen LogP contribution in [0.1, 0.15) is 10.4 Å². The predicted octanol–water partition coefficient (Wildman–Crippen LogP) is 1.92. The van der Waals surface area contributed by atoms with Gasteiger partial charge in [-0.05, 0) is 55.8 Å². The van der Waals surface area contributed by atoms with Gasteiger partial charge in [0.2, 0.25) is 0 Å². The SMILES string of the molecule is C=CCN=c1sc(C)c(-c2ccc(OC)cc2)n1-c1ccc(C)cc1.[Br-]. The van der Waals surface area contributed by atoms with Gasteiger partial charge in [0.25, 0.3) is 0 Å². The lowest BCUT2D eigenvalue weighted by Crippen LogP contribution is -3.00. The van der Waals surface area contributed by atoms with Crippen LogP contribution < -0.4 is 26.5 Å². The number of hydrogen-bond acceptors (Lipinski definition) is 3. The van der Waals surface area contributed by atoms with Crippen LogP contribution in [-0.4, -0.2) is 18.2 Å². The average molecular weight is 430 g/mol. The maximum Gasteiger partial charge on any atom is 0.190 e. The van der Waals surface area contributed by atoms with Gasteiger partial charge in [0, 0.05) is 10.6 Å². The summed E-state index contributed by atoms with van der Waals surface area (Å²) in [5, 5.41) is 0. The van der Waals surface area contributed by atoms with E-state index in [-0.39, 0.29) is 17.0 Å². The number of halogens is 1. The Hall–Kier alpha value is -2.11. The molecule has 3 aromatic rings. The first-order chi connectivity index (χ1) is 12.1. The fourth-order valence-electron chi connectivity index (χ4n) is 2.74. The van der Waals surface area contributed by atoms with Crippen LogP contribution in [0.3, 0.4) is 0 Å². The van der Waals surface area contributed by atoms with Crippen LogP contribution in [0.2, 0.25) is 0 Å². The van der Waals surface area contributed by atoms with Crippen molar-refractivity contribution in [1.82, 2.24) is 4.57 Å². The first-order valence-electron chi connectivity index (χ1n) is 8.19. The minimum atomic E-state index is 0. The van der Waals surface area contributed by atoms with E-state index < -0.39 is 0 Å². The van der Waals surface area contributed by atoms with Crippen molar-refractivity contribution in [2.75, 3.05) is 13.7 Å². The summed E-state index contributed by atoms with van der Waals surface area (Å²) in [7, 11) is 1.68. The number of aryl methyl sites for hydroxylation is 2. The molecule has 0 saturated heterocycles. The summed E-state index contributed by atoms with van der Waals surface area (Å²) in [4.78, 5) is 6.91. The first kappa shape index (κ1) is 20.2. The lowest BCUT2D eigenvalue weighted by molar-refractivity contribution is -0.00000542. The number of ether oxygens (including phenoxy) is 1. The van der Waals surface area contributed by atoms with E-state index in [0.717, 1.165) is 21.8 Å². The molecule has 0 amide bonds. The van der Waals surface area contributed by atoms with Gasteiger partial charge in [-0.25, -0.2) is 0 Å². The normalized spacial score (nSPS) is 11.1. The second kappa shape index (κ2) is 9.01. The Balaban J connectivity index is 0.00000243. The minimum absolute atomic E-state index is 0. The van der Waals surface area contributed by atoms with Gasteiger partial charge < -0.3 is 21.7 Å². The molecule has 0 fully saturated rings. The molecule has 0 bridgehead atoms. The Bertz CT molecular complexity index is 938. The molecule has 0 atom stereocenters. The molecule has 0 saturated carbocycles. The highest BCUT2D eigenvalue weighted by molar-refractivity contribution is 7.09. The van der Waals surface area contributed by atoms with E-state index in [2.05, 4.69) is 61.4 Å². The molecule has 0 aliphatic carbocycles. The van der Waals surface area contributed by atoms with Gasteiger partial charge in [-0.15, -0.1) is 17.9 Å². The second-order valence-electron chi connectivity index (χ2n) is 5.82. The van der Waals surface area contributed by atoms with Crippen molar-refractivity contribution in [3.63, 3.8) is 0 Å². The summed E-state index contributed by atoms with van der Waals surface area (Å²) < 4.78 is 7.51. The summed E-state index contributed by atoms with van der Waals surface area (Å²) in [6.07, 6.45) is 1.82. The Labute approximate surface area is 169 Å². The number of rotatable bonds is 5. The standard InChI is InChI=1S/C21H22N2OS.BrH/c1-5-14-22-21-23(18-10-6-15(2)7-11-18)20(16(3)25-21)17-8-12-19(24-4)13-9-17;/h5-13H,1,14H2,2-4H3;1H/p-1. The highest BCUT2D eigenvalue weighted by Crippen LogP contribution is 2.29. The zero-order valence-electron chi connectivity index (χ0n) is 15.2. The van der Waals surface area contributed by atoms with E-state index in [0.29, 0.717) is 6.54 Å². The summed E-state index contributed by atoms with van der Waals surface area (Å²) in [6, 6.07) is 16.7. The molecule has 0 aliphatic heterocycles. The van der Waals surface area contributed by atoms with E-state index in [1.165, 1.54) is 16.1 Å². The van der Waals surface area contributed by atoms with Gasteiger partial charge in [-0.2, -0.15) is 0 Å². The lowest BCUT2D eigenvalue weighted by atomic mass is 10.1. The molecule has 136 valence electrons. The van der Waals surface area contributed by atoms with Gasteiger partial charge in [0.15, 0.2) is 4.80 Å². The molecule has 1 heterocycles. The van der Waals surface area contributed by atoms with E-state index in [9.17, 15) is 0 Å². The van der Waals surface area contributed by atoms with E-state index in [1.807, 2.05) is 18.2 Å². The van der Waals surface area contributed by atoms with E-state index >= 15 is 0 Å². The quantitative estimate of drug-likeness (QED) is 0.569. The van der Waals surface area contributed by atoms with Crippen molar-refractivity contribution in [1.29, 1.82) is 0 Å². The third kappa shape index (κ3) is 4.17. The van der Waals surface area contributed by atoms with Crippen LogP contribution in [-0.2, 0) is 0 Å². The maximum atomic E-state index is 5.29. The zero-order valence-corrected chi connectivity index (χ0v) is 17.6. The predicted molar refractivity (Wildman–Crippen MR) is 106 cm³/mol. The third-order valence-electron chi connectivity index (χ3n) is 4.00. The third-order valence-corrected chi connectivity index (χ3v) is 5.00. The Morgan fingerprint density at radius 2 is 1.73 bits per heavy atom. The van der Waals surface area contributed by atoms with Crippen LogP contribution in [0.15, 0.2) is 66.2 Å². The summed E-state index contributed by atoms with van der Waals surface area (Å²) >= 11 is 1.70. The Kier molecular flexibility index (Phi) is 7.00. The van der Waals surface area contributed by atoms with Gasteiger partial charge >= 0.3 is 0 Å². The van der Waals surface area contributed by atoms with E-state index in [1.54, 1.807) is 18.4 Å². The van der Waals surface area contributed by atoms with Crippen LogP contribution in [0.4, 0.5) is 0 Å². The Morgan fingerprint density at radius 3 is 2.31 bits per heavy atom. The molecular weight excluding hydrogens is 408 g/mol. The molecule has 5 heteroatoms. The summed E-state index contributed by atoms with van der Waals surface area (Å²) in [5.41, 5.74) is 4.67. The van der Waals surface area contributed by atoms with E-state index in [4.69, 9.17) is 9.73 Å². The maximum absolute atomic E-state index is 5.29. The molecule has 26 heavy (non-hydrogen) atoms. The molecule has 0 aliphatic rings. The van der Waals surface area contributed by atoms with Crippen molar-refractivity contribution in [2.24, 2.45) is 4.99 Å². The monoisotopic (exact) mass is 429 g/mol. The van der Waals surface area contributed by atoms with Crippen LogP contribution >= 0.6 is 11.3 Å². The number of nitrogens with zero attached hydrogens (tertiary/aromatic N) is 2. The van der Waals surface area contributed by atoms with Crippen molar-refractivity contribution in [3.8, 4) is 22.7 Å². The highest BCUT2D eigenvalue weighted by Gasteiger charge is 2.14. The first-order valence-corrected chi connectivity index (χ1v) is 9.01. The van der Waals surface area contributed by atoms with Crippen molar-refractivity contribution in [3.05, 3.63) is 76.4 Å². The number of hydrogen-bond donors (Lipinski definition) is 0. The van der Waals surface area contributed by atoms with Gasteiger partial charge in [-0.3, -0.25) is 9.56 Å². The van der Waals surface area contributed by atoms with Crippen molar-refractivity contribution < 1.29 is 21.7 Å². The average Bonchev–Trinajstić information content (AvgIpc) is 2.97. The fraction of sp³-hybridized carbons (Fsp3) is 0.190. The van der Waals surface area contributed by atoms with Crippen LogP contribution in [0, 0.1) is 13.8 Å². The van der Waals surface area contributed by atoms with Crippen LogP contribution in [0.25, 0.3) is 16.9 Å². The Morgan fingerprint density at radius 1 is 1.08 bits per heavy atom. The molecule has 2 aromatic carbocycles. The van der Waals surface area contributed by atoms with Gasteiger partial charge in [0.1, 0.15) is 5.75 Å². The molecule has 0 N–H and O–H groups in total. The smallest absolute Gasteiger partial charge is 0.190 e. The molecular formula is C21H22BrN2OS-. The lowest BCUT2D eigenvalue weighted by Gasteiger charge is -2.11. The molecule has 3 rings (SSSR count). The van der Waals surface area contributed by atoms with Crippen molar-refractivity contribution in [2.45, 2.75) is 13.8 Å². The second-order valence-corrected chi connectivity index (χ2v) is 7.00. The number of methoxy groups -OCH3 is 1. The molecule has 0 unspecified atom stereocenters. The summed E-state index contributed by atoms with van der Waals surface area (Å²) in [5.74, 6) is 0.857. The minimum Gasteiger partial charge on any atom is -1.00 e. The van der Waals surface area contributed by atoms with Crippen molar-refractivity contribution >= 4 is 11.3 Å². The molecule has 1 aromatic heterocycles. The molecule has 0 radical (unpaired) electrons. The topological polar surface area (TPSA) is 26.5 Å². The molecule has 0 spiro atoms. The highest BCUT2D eigenvalue weighted by atomic mass is 79.9. The summed E-state index contributed by atoms with van der Waals surface area (Å²) in [6.45, 7) is 8.63. The zero-order chi connectivity index (χ0) is 17.8. The fourth-order valence-corrected chi connectivity index (χ4v) is 3.75. The number of benzene rings is 2. The number of aromatic nitrogens is 1. The molecule has 3 nitrogen and oxygen atoms in total. The van der Waals surface area contributed by atoms with Gasteiger partial charge in [0.05, 0.1) is 19.3 Å². The number of thiazole rings is 1. The largest absolute Gasteiger partial charge is 1.00 e. The van der Waals surface area contributed by atoms with Crippen LogP contribution in [0.5, 0.6) is 5.75 Å². The van der Waals surface area contributed by atoms with Gasteiger partial charge in [-0.1, -0.05) is 23.8 Å².